The van der Waals surface area contributed by atoms with Crippen LogP contribution in [-0.4, -0.2) is 29.8 Å². The number of halogens is 3. The third-order valence-electron chi connectivity index (χ3n) is 6.46. The first kappa shape index (κ1) is 23.0. The van der Waals surface area contributed by atoms with E-state index in [9.17, 15) is 18.0 Å². The van der Waals surface area contributed by atoms with Crippen molar-refractivity contribution in [3.05, 3.63) is 70.9 Å². The summed E-state index contributed by atoms with van der Waals surface area (Å²) < 4.78 is 58.6. The van der Waals surface area contributed by atoms with Gasteiger partial charge in [0.25, 0.3) is 0 Å². The molecule has 2 heterocycles. The van der Waals surface area contributed by atoms with Crippen LogP contribution in [0.15, 0.2) is 48.7 Å². The maximum absolute atomic E-state index is 13.9. The lowest BCUT2D eigenvalue weighted by molar-refractivity contribution is -0.138. The summed E-state index contributed by atoms with van der Waals surface area (Å²) in [4.78, 5) is 15.2. The topological polar surface area (TPSA) is 77.9 Å². The number of rotatable bonds is 6. The van der Waals surface area contributed by atoms with Gasteiger partial charge in [0, 0.05) is 35.4 Å². The summed E-state index contributed by atoms with van der Waals surface area (Å²) in [6.07, 6.45) is -2.63. The van der Waals surface area contributed by atoms with Crippen LogP contribution in [0.1, 0.15) is 47.1 Å². The van der Waals surface area contributed by atoms with Crippen LogP contribution in [0.2, 0.25) is 0 Å². The molecule has 0 spiro atoms. The Labute approximate surface area is 199 Å². The maximum atomic E-state index is 13.9. The van der Waals surface area contributed by atoms with Crippen molar-refractivity contribution in [3.8, 4) is 28.5 Å². The Morgan fingerprint density at radius 1 is 1.17 bits per heavy atom. The second kappa shape index (κ2) is 8.79. The maximum Gasteiger partial charge on any atom is 0.417 e. The molecule has 1 aliphatic heterocycles. The van der Waals surface area contributed by atoms with Crippen molar-refractivity contribution in [2.45, 2.75) is 37.5 Å². The molecule has 1 N–H and O–H groups in total. The van der Waals surface area contributed by atoms with E-state index in [1.54, 1.807) is 30.3 Å². The Balaban J connectivity index is 1.46. The van der Waals surface area contributed by atoms with Crippen molar-refractivity contribution in [3.63, 3.8) is 0 Å². The highest BCUT2D eigenvalue weighted by Crippen LogP contribution is 2.47. The lowest BCUT2D eigenvalue weighted by atomic mass is 9.92. The van der Waals surface area contributed by atoms with Crippen LogP contribution in [0.3, 0.4) is 0 Å². The summed E-state index contributed by atoms with van der Waals surface area (Å²) in [5.41, 5.74) is 1.88. The summed E-state index contributed by atoms with van der Waals surface area (Å²) in [6.45, 7) is 0.289. The first-order valence-electron chi connectivity index (χ1n) is 11.1. The summed E-state index contributed by atoms with van der Waals surface area (Å²) in [5.74, 6) is 0.302. The van der Waals surface area contributed by atoms with Crippen LogP contribution >= 0.6 is 0 Å². The molecular weight excluding hydrogens is 463 g/mol. The van der Waals surface area contributed by atoms with E-state index in [1.165, 1.54) is 19.4 Å². The fraction of sp³-hybridized carbons (Fsp3) is 0.308. The van der Waals surface area contributed by atoms with E-state index >= 15 is 0 Å². The lowest BCUT2D eigenvalue weighted by Gasteiger charge is -2.19. The Morgan fingerprint density at radius 2 is 1.97 bits per heavy atom. The second-order valence-electron chi connectivity index (χ2n) is 8.59. The molecular formula is C26H22F3NO5. The predicted octanol–water partition coefficient (Wildman–Crippen LogP) is 5.79. The van der Waals surface area contributed by atoms with E-state index in [-0.39, 0.29) is 24.5 Å². The fourth-order valence-corrected chi connectivity index (χ4v) is 4.88. The Bertz CT molecular complexity index is 1270. The number of carboxylic acids is 1. The van der Waals surface area contributed by atoms with Gasteiger partial charge in [0.1, 0.15) is 17.6 Å². The molecule has 9 heteroatoms. The van der Waals surface area contributed by atoms with Crippen LogP contribution in [-0.2, 0) is 17.4 Å². The van der Waals surface area contributed by atoms with E-state index < -0.39 is 23.8 Å². The number of hydrogen-bond acceptors (Lipinski definition) is 5. The Hall–Kier alpha value is -3.75. The molecule has 0 bridgehead atoms. The quantitative estimate of drug-likeness (QED) is 0.476. The lowest BCUT2D eigenvalue weighted by Crippen LogP contribution is -2.10. The number of pyridine rings is 1. The van der Waals surface area contributed by atoms with Crippen LogP contribution in [0, 0.1) is 0 Å². The zero-order valence-corrected chi connectivity index (χ0v) is 18.8. The number of methoxy groups -OCH3 is 1. The summed E-state index contributed by atoms with van der Waals surface area (Å²) >= 11 is 0. The molecule has 0 radical (unpaired) electrons. The smallest absolute Gasteiger partial charge is 0.417 e. The van der Waals surface area contributed by atoms with Gasteiger partial charge in [0.15, 0.2) is 0 Å². The van der Waals surface area contributed by atoms with E-state index in [2.05, 4.69) is 4.98 Å². The molecule has 6 nitrogen and oxygen atoms in total. The van der Waals surface area contributed by atoms with Gasteiger partial charge in [-0.2, -0.15) is 13.2 Å². The molecule has 1 unspecified atom stereocenters. The fourth-order valence-electron chi connectivity index (χ4n) is 4.88. The third kappa shape index (κ3) is 4.38. The van der Waals surface area contributed by atoms with Gasteiger partial charge >= 0.3 is 12.1 Å². The van der Waals surface area contributed by atoms with Crippen LogP contribution in [0.4, 0.5) is 13.2 Å². The minimum Gasteiger partial charge on any atom is -0.492 e. The standard InChI is InChI=1S/C26H22F3NO5/c1-33-23-9-2-14(12-30-23)25-19-6-8-21(18(19)5-7-20(25)26(27,28)29)35-16-3-4-17-15(10-24(31)32)13-34-22(17)11-16/h2-5,7,9,11-12,15,21H,6,8,10,13H2,1H3,(H,31,32)/t15?,21-/m1/s1. The van der Waals surface area contributed by atoms with Crippen molar-refractivity contribution in [2.24, 2.45) is 0 Å². The van der Waals surface area contributed by atoms with Crippen molar-refractivity contribution >= 4 is 5.97 Å². The number of alkyl halides is 3. The number of hydrogen-bond donors (Lipinski definition) is 1. The molecule has 2 atom stereocenters. The molecule has 2 aromatic carbocycles. The molecule has 35 heavy (non-hydrogen) atoms. The minimum atomic E-state index is -4.52. The molecule has 0 amide bonds. The van der Waals surface area contributed by atoms with Gasteiger partial charge in [-0.25, -0.2) is 4.98 Å². The molecule has 3 aromatic rings. The van der Waals surface area contributed by atoms with Crippen LogP contribution in [0.5, 0.6) is 17.4 Å². The van der Waals surface area contributed by atoms with Gasteiger partial charge in [0.2, 0.25) is 5.88 Å². The van der Waals surface area contributed by atoms with Gasteiger partial charge in [-0.15, -0.1) is 0 Å². The van der Waals surface area contributed by atoms with E-state index in [1.807, 2.05) is 0 Å². The summed E-state index contributed by atoms with van der Waals surface area (Å²) in [6, 6.07) is 11.0. The monoisotopic (exact) mass is 485 g/mol. The molecule has 182 valence electrons. The number of benzene rings is 2. The van der Waals surface area contributed by atoms with E-state index in [0.29, 0.717) is 46.9 Å². The SMILES string of the molecule is COc1ccc(-c2c(C(F)(F)F)ccc3c2CC[C@H]3Oc2ccc3c(c2)OCC3CC(=O)O)cn1. The predicted molar refractivity (Wildman–Crippen MR) is 120 cm³/mol. The first-order valence-corrected chi connectivity index (χ1v) is 11.1. The first-order chi connectivity index (χ1) is 16.7. The van der Waals surface area contributed by atoms with Crippen LogP contribution in [0.25, 0.3) is 11.1 Å². The zero-order valence-electron chi connectivity index (χ0n) is 18.8. The van der Waals surface area contributed by atoms with Gasteiger partial charge in [-0.05, 0) is 47.7 Å². The Kier molecular flexibility index (Phi) is 5.78. The second-order valence-corrected chi connectivity index (χ2v) is 8.59. The molecule has 1 aliphatic carbocycles. The molecule has 1 aromatic heterocycles. The summed E-state index contributed by atoms with van der Waals surface area (Å²) in [5, 5.41) is 9.08. The van der Waals surface area contributed by atoms with Gasteiger partial charge in [-0.1, -0.05) is 12.1 Å². The van der Waals surface area contributed by atoms with Crippen molar-refractivity contribution in [2.75, 3.05) is 13.7 Å². The number of carbonyl (C=O) groups is 1. The molecule has 0 fully saturated rings. The average Bonchev–Trinajstić information content (AvgIpc) is 3.41. The van der Waals surface area contributed by atoms with Crippen molar-refractivity contribution < 1.29 is 37.3 Å². The highest BCUT2D eigenvalue weighted by Gasteiger charge is 2.38. The summed E-state index contributed by atoms with van der Waals surface area (Å²) in [7, 11) is 1.45. The minimum absolute atomic E-state index is 0.0201. The molecule has 0 saturated carbocycles. The molecule has 0 saturated heterocycles. The normalized spacial score (nSPS) is 18.5. The van der Waals surface area contributed by atoms with Crippen molar-refractivity contribution in [1.82, 2.24) is 4.98 Å². The number of nitrogens with zero attached hydrogens (tertiary/aromatic N) is 1. The largest absolute Gasteiger partial charge is 0.492 e. The number of aromatic nitrogens is 1. The number of carboxylic acid groups (broad SMARTS) is 1. The highest BCUT2D eigenvalue weighted by atomic mass is 19.4. The Morgan fingerprint density at radius 3 is 2.66 bits per heavy atom. The number of fused-ring (bicyclic) bond motifs is 2. The van der Waals surface area contributed by atoms with Crippen LogP contribution < -0.4 is 14.2 Å². The zero-order chi connectivity index (χ0) is 24.7. The van der Waals surface area contributed by atoms with Crippen molar-refractivity contribution in [1.29, 1.82) is 0 Å². The number of aliphatic carboxylic acids is 1. The molecule has 5 rings (SSSR count). The van der Waals surface area contributed by atoms with E-state index in [0.717, 1.165) is 11.6 Å². The molecule has 2 aliphatic rings. The number of ether oxygens (including phenoxy) is 3. The van der Waals surface area contributed by atoms with E-state index in [4.69, 9.17) is 19.3 Å². The highest BCUT2D eigenvalue weighted by molar-refractivity contribution is 5.74. The average molecular weight is 485 g/mol. The van der Waals surface area contributed by atoms with Gasteiger partial charge in [-0.3, -0.25) is 4.79 Å². The van der Waals surface area contributed by atoms with Gasteiger partial charge < -0.3 is 19.3 Å². The van der Waals surface area contributed by atoms with Gasteiger partial charge in [0.05, 0.1) is 25.7 Å². The third-order valence-corrected chi connectivity index (χ3v) is 6.46.